The lowest BCUT2D eigenvalue weighted by atomic mass is 9.84. The first kappa shape index (κ1) is 25.6. The fourth-order valence-corrected chi connectivity index (χ4v) is 4.16. The summed E-state index contributed by atoms with van der Waals surface area (Å²) in [6, 6.07) is 18.1. The zero-order valence-electron chi connectivity index (χ0n) is 21.4. The summed E-state index contributed by atoms with van der Waals surface area (Å²) in [5.74, 6) is 1.41. The topological polar surface area (TPSA) is 92.2 Å². The predicted octanol–water partition coefficient (Wildman–Crippen LogP) is 5.84. The minimum absolute atomic E-state index is 0.0980. The third-order valence-corrected chi connectivity index (χ3v) is 6.80. The van der Waals surface area contributed by atoms with Gasteiger partial charge in [0.2, 0.25) is 5.91 Å². The number of anilines is 1. The molecule has 0 bridgehead atoms. The molecular formula is C29H34N4O3. The molecule has 1 amide bonds. The number of hydrogen-bond acceptors (Lipinski definition) is 6. The molecule has 1 aliphatic rings. The molecule has 3 aromatic rings. The van der Waals surface area contributed by atoms with E-state index in [1.54, 1.807) is 0 Å². The van der Waals surface area contributed by atoms with Crippen molar-refractivity contribution in [3.05, 3.63) is 65.5 Å². The highest BCUT2D eigenvalue weighted by molar-refractivity contribution is 5.96. The maximum absolute atomic E-state index is 13.3. The molecule has 0 saturated heterocycles. The molecule has 1 fully saturated rings. The van der Waals surface area contributed by atoms with Crippen LogP contribution in [-0.2, 0) is 28.0 Å². The average Bonchev–Trinajstić information content (AvgIpc) is 3.35. The van der Waals surface area contributed by atoms with Gasteiger partial charge in [-0.05, 0) is 62.4 Å². The molecule has 36 heavy (non-hydrogen) atoms. The van der Waals surface area contributed by atoms with Crippen LogP contribution in [0.25, 0.3) is 11.5 Å². The lowest BCUT2D eigenvalue weighted by Crippen LogP contribution is -2.40. The average molecular weight is 487 g/mol. The van der Waals surface area contributed by atoms with Gasteiger partial charge in [0, 0.05) is 36.7 Å². The summed E-state index contributed by atoms with van der Waals surface area (Å²) >= 11 is 0. The van der Waals surface area contributed by atoms with Crippen molar-refractivity contribution in [2.45, 2.75) is 64.9 Å². The number of amides is 1. The quantitative estimate of drug-likeness (QED) is 0.316. The Morgan fingerprint density at radius 2 is 2.00 bits per heavy atom. The van der Waals surface area contributed by atoms with Crippen LogP contribution in [0.3, 0.4) is 0 Å². The van der Waals surface area contributed by atoms with Crippen LogP contribution < -0.4 is 4.90 Å². The van der Waals surface area contributed by atoms with Crippen molar-refractivity contribution in [2.24, 2.45) is 5.92 Å². The van der Waals surface area contributed by atoms with Crippen molar-refractivity contribution >= 4 is 11.6 Å². The van der Waals surface area contributed by atoms with Crippen molar-refractivity contribution in [1.82, 2.24) is 10.1 Å². The first-order valence-corrected chi connectivity index (χ1v) is 12.7. The first-order chi connectivity index (χ1) is 17.4. The van der Waals surface area contributed by atoms with Crippen LogP contribution in [-0.4, -0.2) is 29.2 Å². The number of carbonyl (C=O) groups excluding carboxylic acids is 1. The lowest BCUT2D eigenvalue weighted by molar-refractivity contribution is -0.124. The van der Waals surface area contributed by atoms with Crippen LogP contribution in [0.5, 0.6) is 0 Å². The van der Waals surface area contributed by atoms with Crippen molar-refractivity contribution in [3.8, 4) is 17.5 Å². The summed E-state index contributed by atoms with van der Waals surface area (Å²) in [5.41, 5.74) is 3.21. The van der Waals surface area contributed by atoms with Crippen molar-refractivity contribution < 1.29 is 14.1 Å². The molecule has 0 atom stereocenters. The van der Waals surface area contributed by atoms with Crippen LogP contribution in [0.4, 0.5) is 5.69 Å². The number of ether oxygens (including phenoxy) is 1. The van der Waals surface area contributed by atoms with E-state index in [-0.39, 0.29) is 11.8 Å². The smallest absolute Gasteiger partial charge is 0.257 e. The molecule has 188 valence electrons. The Balaban J connectivity index is 1.36. The third-order valence-electron chi connectivity index (χ3n) is 6.80. The largest absolute Gasteiger partial charge is 0.377 e. The van der Waals surface area contributed by atoms with E-state index >= 15 is 0 Å². The molecule has 2 aromatic carbocycles. The van der Waals surface area contributed by atoms with Crippen molar-refractivity contribution in [3.63, 3.8) is 0 Å². The minimum atomic E-state index is -0.505. The minimum Gasteiger partial charge on any atom is -0.377 e. The zero-order chi connectivity index (χ0) is 25.5. The Hall–Kier alpha value is -3.50. The maximum Gasteiger partial charge on any atom is 0.257 e. The number of hydrogen-bond donors (Lipinski definition) is 0. The Morgan fingerprint density at radius 3 is 2.64 bits per heavy atom. The molecule has 0 spiro atoms. The monoisotopic (exact) mass is 486 g/mol. The molecular weight excluding hydrogens is 452 g/mol. The summed E-state index contributed by atoms with van der Waals surface area (Å²) in [6.45, 7) is 7.43. The highest BCUT2D eigenvalue weighted by atomic mass is 16.5. The number of benzene rings is 2. The molecule has 0 N–H and O–H groups in total. The van der Waals surface area contributed by atoms with E-state index < -0.39 is 5.41 Å². The van der Waals surface area contributed by atoms with Gasteiger partial charge in [-0.2, -0.15) is 10.2 Å². The predicted molar refractivity (Wildman–Crippen MR) is 138 cm³/mol. The first-order valence-electron chi connectivity index (χ1n) is 12.7. The molecule has 7 nitrogen and oxygen atoms in total. The fourth-order valence-electron chi connectivity index (χ4n) is 4.16. The molecule has 0 radical (unpaired) electrons. The fraction of sp³-hybridized carbons (Fsp3) is 0.448. The van der Waals surface area contributed by atoms with Gasteiger partial charge in [-0.15, -0.1) is 0 Å². The van der Waals surface area contributed by atoms with E-state index in [1.807, 2.05) is 74.2 Å². The van der Waals surface area contributed by atoms with Gasteiger partial charge in [-0.25, -0.2) is 0 Å². The van der Waals surface area contributed by atoms with Gasteiger partial charge in [0.1, 0.15) is 0 Å². The Kier molecular flexibility index (Phi) is 8.17. The van der Waals surface area contributed by atoms with Gasteiger partial charge in [-0.1, -0.05) is 48.8 Å². The molecule has 7 heteroatoms. The Labute approximate surface area is 213 Å². The Morgan fingerprint density at radius 1 is 1.22 bits per heavy atom. The van der Waals surface area contributed by atoms with Gasteiger partial charge in [0.05, 0.1) is 18.1 Å². The molecule has 1 heterocycles. The normalized spacial score (nSPS) is 13.7. The van der Waals surface area contributed by atoms with E-state index in [1.165, 1.54) is 0 Å². The Bertz CT molecular complexity index is 1210. The third kappa shape index (κ3) is 6.00. The summed E-state index contributed by atoms with van der Waals surface area (Å²) in [7, 11) is 0. The number of nitrogens with zero attached hydrogens (tertiary/aromatic N) is 4. The standard InChI is InChI=1S/C29H34N4O3/c1-4-26-31-27(36-32-26)23-10-6-11-25(18-23)33(28(34)22-8-5-9-22)16-7-17-35-19-21-12-14-24(15-13-21)29(2,3)20-30/h6,10-15,18,22H,4-5,7-9,16-17,19H2,1-3H3. The van der Waals surface area contributed by atoms with Crippen LogP contribution in [0.2, 0.25) is 0 Å². The maximum atomic E-state index is 13.3. The SMILES string of the molecule is CCc1noc(-c2cccc(N(CCCOCc3ccc(C(C)(C)C#N)cc3)C(=O)C3CCC3)c2)n1. The number of rotatable bonds is 11. The van der Waals surface area contributed by atoms with E-state index in [0.717, 1.165) is 48.1 Å². The van der Waals surface area contributed by atoms with Crippen LogP contribution >= 0.6 is 0 Å². The number of nitriles is 1. The highest BCUT2D eigenvalue weighted by Crippen LogP contribution is 2.32. The molecule has 4 rings (SSSR count). The van der Waals surface area contributed by atoms with E-state index in [2.05, 4.69) is 16.2 Å². The van der Waals surface area contributed by atoms with Gasteiger partial charge >= 0.3 is 0 Å². The molecule has 0 aliphatic heterocycles. The molecule has 1 saturated carbocycles. The van der Waals surface area contributed by atoms with E-state index in [4.69, 9.17) is 9.26 Å². The summed E-state index contributed by atoms with van der Waals surface area (Å²) in [6.07, 6.45) is 4.45. The van der Waals surface area contributed by atoms with E-state index in [0.29, 0.717) is 37.9 Å². The second kappa shape index (κ2) is 11.5. The zero-order valence-corrected chi connectivity index (χ0v) is 21.4. The van der Waals surface area contributed by atoms with E-state index in [9.17, 15) is 10.1 Å². The second-order valence-electron chi connectivity index (χ2n) is 9.88. The number of aryl methyl sites for hydroxylation is 1. The van der Waals surface area contributed by atoms with Gasteiger partial charge in [0.25, 0.3) is 5.89 Å². The van der Waals surface area contributed by atoms with Gasteiger partial charge < -0.3 is 14.2 Å². The second-order valence-corrected chi connectivity index (χ2v) is 9.88. The molecule has 1 aromatic heterocycles. The van der Waals surface area contributed by atoms with Crippen molar-refractivity contribution in [1.29, 1.82) is 5.26 Å². The number of carbonyl (C=O) groups is 1. The highest BCUT2D eigenvalue weighted by Gasteiger charge is 2.30. The molecule has 1 aliphatic carbocycles. The van der Waals surface area contributed by atoms with Gasteiger partial charge in [-0.3, -0.25) is 4.79 Å². The molecule has 0 unspecified atom stereocenters. The lowest BCUT2D eigenvalue weighted by Gasteiger charge is -2.32. The van der Waals surface area contributed by atoms with Crippen LogP contribution in [0.15, 0.2) is 53.1 Å². The number of aromatic nitrogens is 2. The van der Waals surface area contributed by atoms with Crippen LogP contribution in [0, 0.1) is 17.2 Å². The summed E-state index contributed by atoms with van der Waals surface area (Å²) < 4.78 is 11.3. The summed E-state index contributed by atoms with van der Waals surface area (Å²) in [5, 5.41) is 13.3. The van der Waals surface area contributed by atoms with Crippen molar-refractivity contribution in [2.75, 3.05) is 18.1 Å². The van der Waals surface area contributed by atoms with Gasteiger partial charge in [0.15, 0.2) is 5.82 Å². The van der Waals surface area contributed by atoms with Crippen LogP contribution in [0.1, 0.15) is 63.4 Å². The summed E-state index contributed by atoms with van der Waals surface area (Å²) in [4.78, 5) is 19.6.